The Kier molecular flexibility index (Phi) is 8.23. The Bertz CT molecular complexity index is 1430. The van der Waals surface area contributed by atoms with Gasteiger partial charge in [0, 0.05) is 26.0 Å². The lowest BCUT2D eigenvalue weighted by Crippen LogP contribution is -2.47. The number of rotatable bonds is 8. The van der Waals surface area contributed by atoms with Gasteiger partial charge in [0.25, 0.3) is 0 Å². The van der Waals surface area contributed by atoms with Crippen LogP contribution in [0.1, 0.15) is 36.1 Å². The molecule has 0 aliphatic carbocycles. The number of amides is 2. The molecule has 0 fully saturated rings. The number of sulfonamides is 1. The molecule has 0 saturated carbocycles. The van der Waals surface area contributed by atoms with Gasteiger partial charge in [-0.05, 0) is 49.2 Å². The Hall–Kier alpha value is -3.91. The number of hydrogen-bond donors (Lipinski definition) is 2. The summed E-state index contributed by atoms with van der Waals surface area (Å²) in [4.78, 5) is 13.7. The van der Waals surface area contributed by atoms with Gasteiger partial charge in [-0.2, -0.15) is 23.7 Å². The summed E-state index contributed by atoms with van der Waals surface area (Å²) in [6.07, 6.45) is -4.28. The summed E-state index contributed by atoms with van der Waals surface area (Å²) < 4.78 is 73.2. The molecular weight excluding hydrogens is 511 g/mol. The Morgan fingerprint density at radius 3 is 2.51 bits per heavy atom. The van der Waals surface area contributed by atoms with Crippen LogP contribution in [-0.4, -0.2) is 34.7 Å². The summed E-state index contributed by atoms with van der Waals surface area (Å²) in [7, 11) is -2.72. The zero-order chi connectivity index (χ0) is 27.4. The molecule has 3 rings (SSSR count). The predicted molar refractivity (Wildman–Crippen MR) is 126 cm³/mol. The van der Waals surface area contributed by atoms with Crippen LogP contribution in [0.25, 0.3) is 0 Å². The van der Waals surface area contributed by atoms with Gasteiger partial charge in [0.15, 0.2) is 0 Å². The van der Waals surface area contributed by atoms with Crippen molar-refractivity contribution in [1.82, 2.24) is 10.0 Å². The van der Waals surface area contributed by atoms with Crippen molar-refractivity contribution in [1.29, 1.82) is 10.5 Å². The summed E-state index contributed by atoms with van der Waals surface area (Å²) in [5.41, 5.74) is -1.11. The van der Waals surface area contributed by atoms with E-state index >= 15 is 0 Å². The number of nitrogens with zero attached hydrogens (tertiary/aromatic N) is 3. The third-order valence-electron chi connectivity index (χ3n) is 5.60. The average molecular weight is 534 g/mol. The van der Waals surface area contributed by atoms with Crippen LogP contribution in [0.3, 0.4) is 0 Å². The minimum Gasteiger partial charge on any atom is -0.385 e. The van der Waals surface area contributed by atoms with E-state index in [0.29, 0.717) is 13.0 Å². The zero-order valence-corrected chi connectivity index (χ0v) is 20.6. The molecule has 194 valence electrons. The van der Waals surface area contributed by atoms with Gasteiger partial charge >= 0.3 is 12.2 Å². The lowest BCUT2D eigenvalue weighted by Gasteiger charge is -2.34. The zero-order valence-electron chi connectivity index (χ0n) is 19.8. The highest BCUT2D eigenvalue weighted by Crippen LogP contribution is 2.37. The van der Waals surface area contributed by atoms with Gasteiger partial charge in [-0.25, -0.2) is 17.9 Å². The van der Waals surface area contributed by atoms with Crippen LogP contribution in [0.2, 0.25) is 0 Å². The standard InChI is InChI=1S/C24H22F3N5O4S/c1-15-20(14-29)22(31-23(33)32(15)18-6-3-5-17(12-18)24(25,26)27)19-8-7-16(13-28)11-21(19)37(34,35)30-9-4-10-36-2/h3,5-8,11-12,22,30H,4,9-10H2,1-2H3,(H,31,33)/t22-/m1/s1. The normalized spacial score (nSPS) is 16.2. The first-order valence-electron chi connectivity index (χ1n) is 10.9. The van der Waals surface area contributed by atoms with Gasteiger partial charge in [-0.1, -0.05) is 12.1 Å². The predicted octanol–water partition coefficient (Wildman–Crippen LogP) is 3.96. The Morgan fingerprint density at radius 2 is 1.89 bits per heavy atom. The Balaban J connectivity index is 2.11. The molecule has 0 spiro atoms. The highest BCUT2D eigenvalue weighted by atomic mass is 32.2. The fourth-order valence-electron chi connectivity index (χ4n) is 3.83. The van der Waals surface area contributed by atoms with Crippen molar-refractivity contribution in [3.8, 4) is 12.1 Å². The molecule has 0 radical (unpaired) electrons. The largest absolute Gasteiger partial charge is 0.416 e. The molecule has 0 unspecified atom stereocenters. The molecule has 1 atom stereocenters. The molecule has 2 amide bonds. The van der Waals surface area contributed by atoms with Crippen LogP contribution in [0, 0.1) is 22.7 Å². The van der Waals surface area contributed by atoms with E-state index in [1.807, 2.05) is 12.1 Å². The summed E-state index contributed by atoms with van der Waals surface area (Å²) in [6, 6.07) is 9.54. The third kappa shape index (κ3) is 5.91. The first-order chi connectivity index (χ1) is 17.4. The number of methoxy groups -OCH3 is 1. The number of hydrogen-bond acceptors (Lipinski definition) is 6. The number of urea groups is 1. The highest BCUT2D eigenvalue weighted by molar-refractivity contribution is 7.89. The molecule has 9 nitrogen and oxygen atoms in total. The fraction of sp³-hybridized carbons (Fsp3) is 0.292. The van der Waals surface area contributed by atoms with Crippen molar-refractivity contribution in [2.75, 3.05) is 25.2 Å². The molecule has 1 aliphatic rings. The number of carbonyl (C=O) groups excluding carboxylic acids is 1. The Labute approximate surface area is 211 Å². The quantitative estimate of drug-likeness (QED) is 0.493. The van der Waals surface area contributed by atoms with Gasteiger partial charge in [-0.3, -0.25) is 4.90 Å². The number of halogens is 3. The molecule has 37 heavy (non-hydrogen) atoms. The van der Waals surface area contributed by atoms with Crippen molar-refractivity contribution in [3.63, 3.8) is 0 Å². The molecule has 2 aromatic carbocycles. The molecule has 1 aliphatic heterocycles. The van der Waals surface area contributed by atoms with E-state index < -0.39 is 33.8 Å². The average Bonchev–Trinajstić information content (AvgIpc) is 2.85. The van der Waals surface area contributed by atoms with E-state index in [-0.39, 0.29) is 39.5 Å². The number of carbonyl (C=O) groups is 1. The number of ether oxygens (including phenoxy) is 1. The second-order valence-electron chi connectivity index (χ2n) is 7.99. The molecule has 0 bridgehead atoms. The molecule has 2 aromatic rings. The molecular formula is C24H22F3N5O4S. The maximum absolute atomic E-state index is 13.2. The number of alkyl halides is 3. The second kappa shape index (κ2) is 11.0. The van der Waals surface area contributed by atoms with Gasteiger partial charge in [0.1, 0.15) is 0 Å². The van der Waals surface area contributed by atoms with Crippen molar-refractivity contribution >= 4 is 21.7 Å². The molecule has 0 saturated heterocycles. The Morgan fingerprint density at radius 1 is 1.16 bits per heavy atom. The number of anilines is 1. The van der Waals surface area contributed by atoms with Crippen LogP contribution in [0.4, 0.5) is 23.7 Å². The number of nitrogens with one attached hydrogen (secondary N) is 2. The smallest absolute Gasteiger partial charge is 0.385 e. The molecule has 2 N–H and O–H groups in total. The van der Waals surface area contributed by atoms with E-state index in [4.69, 9.17) is 4.74 Å². The van der Waals surface area contributed by atoms with Crippen LogP contribution >= 0.6 is 0 Å². The molecule has 13 heteroatoms. The van der Waals surface area contributed by atoms with Crippen molar-refractivity contribution in [2.24, 2.45) is 0 Å². The number of nitriles is 2. The summed E-state index contributed by atoms with van der Waals surface area (Å²) in [5, 5.41) is 21.8. The topological polar surface area (TPSA) is 135 Å². The SMILES string of the molecule is COCCCNS(=O)(=O)c1cc(C#N)ccc1[C@H]1NC(=O)N(c2cccc(C(F)(F)F)c2)C(C)=C1C#N. The van der Waals surface area contributed by atoms with Crippen molar-refractivity contribution in [3.05, 3.63) is 70.4 Å². The fourth-order valence-corrected chi connectivity index (χ4v) is 5.18. The monoisotopic (exact) mass is 533 g/mol. The van der Waals surface area contributed by atoms with E-state index in [0.717, 1.165) is 29.2 Å². The second-order valence-corrected chi connectivity index (χ2v) is 9.72. The summed E-state index contributed by atoms with van der Waals surface area (Å²) >= 11 is 0. The highest BCUT2D eigenvalue weighted by Gasteiger charge is 2.37. The lowest BCUT2D eigenvalue weighted by molar-refractivity contribution is -0.137. The van der Waals surface area contributed by atoms with E-state index in [1.54, 1.807) is 0 Å². The minimum atomic E-state index is -4.65. The lowest BCUT2D eigenvalue weighted by atomic mass is 9.94. The first-order valence-corrected chi connectivity index (χ1v) is 12.3. The number of allylic oxidation sites excluding steroid dienone is 1. The van der Waals surface area contributed by atoms with E-state index in [9.17, 15) is 36.9 Å². The van der Waals surface area contributed by atoms with Gasteiger partial charge < -0.3 is 10.1 Å². The maximum atomic E-state index is 13.2. The van der Waals surface area contributed by atoms with Crippen LogP contribution < -0.4 is 14.9 Å². The summed E-state index contributed by atoms with van der Waals surface area (Å²) in [5.74, 6) is 0. The minimum absolute atomic E-state index is 0.0196. The van der Waals surface area contributed by atoms with Crippen molar-refractivity contribution < 1.29 is 31.1 Å². The van der Waals surface area contributed by atoms with Crippen LogP contribution in [0.5, 0.6) is 0 Å². The van der Waals surface area contributed by atoms with E-state index in [1.165, 1.54) is 32.2 Å². The van der Waals surface area contributed by atoms with Crippen LogP contribution in [-0.2, 0) is 20.9 Å². The maximum Gasteiger partial charge on any atom is 0.416 e. The van der Waals surface area contributed by atoms with Gasteiger partial charge in [-0.15, -0.1) is 0 Å². The van der Waals surface area contributed by atoms with Gasteiger partial charge in [0.05, 0.1) is 45.5 Å². The summed E-state index contributed by atoms with van der Waals surface area (Å²) in [6.45, 7) is 1.72. The van der Waals surface area contributed by atoms with E-state index in [2.05, 4.69) is 10.0 Å². The first kappa shape index (κ1) is 27.7. The third-order valence-corrected chi connectivity index (χ3v) is 7.11. The molecule has 0 aromatic heterocycles. The van der Waals surface area contributed by atoms with Gasteiger partial charge in [0.2, 0.25) is 10.0 Å². The molecule has 1 heterocycles. The number of benzene rings is 2. The van der Waals surface area contributed by atoms with Crippen molar-refractivity contribution in [2.45, 2.75) is 30.5 Å². The van der Waals surface area contributed by atoms with Crippen LogP contribution in [0.15, 0.2) is 58.6 Å².